The number of aryl methyl sites for hydroxylation is 1. The molecule has 23 heavy (non-hydrogen) atoms. The molecule has 2 heterocycles. The molecule has 0 unspecified atom stereocenters. The number of aromatic nitrogens is 3. The first kappa shape index (κ1) is 15.0. The summed E-state index contributed by atoms with van der Waals surface area (Å²) in [5, 5.41) is 2.95. The zero-order chi connectivity index (χ0) is 16.1. The van der Waals surface area contributed by atoms with Crippen molar-refractivity contribution in [2.45, 2.75) is 19.9 Å². The van der Waals surface area contributed by atoms with Gasteiger partial charge in [-0.1, -0.05) is 35.9 Å². The van der Waals surface area contributed by atoms with Crippen LogP contribution in [0.15, 0.2) is 61.3 Å². The molecule has 5 heteroatoms. The smallest absolute Gasteiger partial charge is 0.224 e. The highest BCUT2D eigenvalue weighted by Crippen LogP contribution is 2.11. The van der Waals surface area contributed by atoms with Gasteiger partial charge in [-0.15, -0.1) is 0 Å². The average molecular weight is 306 g/mol. The topological polar surface area (TPSA) is 59.8 Å². The number of pyridine rings is 1. The molecular formula is C18H18N4O. The number of carbonyl (C=O) groups is 1. The predicted molar refractivity (Wildman–Crippen MR) is 88.1 cm³/mol. The van der Waals surface area contributed by atoms with Crippen LogP contribution in [0.1, 0.15) is 16.7 Å². The molecule has 1 amide bonds. The first-order valence-corrected chi connectivity index (χ1v) is 7.47. The zero-order valence-corrected chi connectivity index (χ0v) is 12.9. The molecule has 3 aromatic rings. The van der Waals surface area contributed by atoms with Gasteiger partial charge < -0.3 is 5.32 Å². The molecule has 0 spiro atoms. The van der Waals surface area contributed by atoms with E-state index in [-0.39, 0.29) is 5.91 Å². The van der Waals surface area contributed by atoms with Gasteiger partial charge in [0.15, 0.2) is 0 Å². The molecule has 0 saturated heterocycles. The van der Waals surface area contributed by atoms with Crippen molar-refractivity contribution in [3.8, 4) is 5.82 Å². The SMILES string of the molecule is Cc1ccc(CC(=O)NCc2cccnc2-n2ccnc2)cc1. The minimum absolute atomic E-state index is 0.00529. The predicted octanol–water partition coefficient (Wildman–Crippen LogP) is 2.43. The van der Waals surface area contributed by atoms with Crippen molar-refractivity contribution in [3.05, 3.63) is 78.0 Å². The fourth-order valence-electron chi connectivity index (χ4n) is 2.33. The fourth-order valence-corrected chi connectivity index (χ4v) is 2.33. The van der Waals surface area contributed by atoms with Gasteiger partial charge in [0, 0.05) is 30.7 Å². The fraction of sp³-hybridized carbons (Fsp3) is 0.167. The zero-order valence-electron chi connectivity index (χ0n) is 12.9. The Morgan fingerprint density at radius 3 is 2.74 bits per heavy atom. The summed E-state index contributed by atoms with van der Waals surface area (Å²) in [4.78, 5) is 20.5. The molecule has 2 aromatic heterocycles. The molecule has 1 N–H and O–H groups in total. The van der Waals surface area contributed by atoms with E-state index in [0.29, 0.717) is 13.0 Å². The Balaban J connectivity index is 1.64. The van der Waals surface area contributed by atoms with Crippen molar-refractivity contribution in [2.24, 2.45) is 0 Å². The molecule has 0 aliphatic heterocycles. The van der Waals surface area contributed by atoms with E-state index >= 15 is 0 Å². The number of rotatable bonds is 5. The van der Waals surface area contributed by atoms with Crippen molar-refractivity contribution in [1.29, 1.82) is 0 Å². The van der Waals surface area contributed by atoms with Gasteiger partial charge in [-0.2, -0.15) is 0 Å². The van der Waals surface area contributed by atoms with Crippen molar-refractivity contribution in [3.63, 3.8) is 0 Å². The van der Waals surface area contributed by atoms with Gasteiger partial charge in [0.1, 0.15) is 12.1 Å². The summed E-state index contributed by atoms with van der Waals surface area (Å²) in [7, 11) is 0. The monoisotopic (exact) mass is 306 g/mol. The van der Waals surface area contributed by atoms with Crippen LogP contribution in [-0.4, -0.2) is 20.4 Å². The maximum atomic E-state index is 12.1. The Bertz CT molecular complexity index is 779. The molecular weight excluding hydrogens is 288 g/mol. The summed E-state index contributed by atoms with van der Waals surface area (Å²) in [5.41, 5.74) is 3.14. The number of benzene rings is 1. The number of hydrogen-bond donors (Lipinski definition) is 1. The van der Waals surface area contributed by atoms with Gasteiger partial charge in [0.05, 0.1) is 6.42 Å². The highest BCUT2D eigenvalue weighted by atomic mass is 16.1. The third-order valence-corrected chi connectivity index (χ3v) is 3.58. The van der Waals surface area contributed by atoms with Crippen LogP contribution in [-0.2, 0) is 17.8 Å². The summed E-state index contributed by atoms with van der Waals surface area (Å²) in [5.74, 6) is 0.773. The van der Waals surface area contributed by atoms with Gasteiger partial charge in [-0.25, -0.2) is 9.97 Å². The van der Waals surface area contributed by atoms with E-state index in [0.717, 1.165) is 16.9 Å². The molecule has 0 atom stereocenters. The number of carbonyl (C=O) groups excluding carboxylic acids is 1. The Labute approximate surface area is 135 Å². The lowest BCUT2D eigenvalue weighted by Crippen LogP contribution is -2.25. The van der Waals surface area contributed by atoms with E-state index in [2.05, 4.69) is 15.3 Å². The Morgan fingerprint density at radius 2 is 2.00 bits per heavy atom. The van der Waals surface area contributed by atoms with E-state index in [1.165, 1.54) is 5.56 Å². The van der Waals surface area contributed by atoms with Crippen LogP contribution in [0.4, 0.5) is 0 Å². The van der Waals surface area contributed by atoms with Crippen LogP contribution in [0, 0.1) is 6.92 Å². The summed E-state index contributed by atoms with van der Waals surface area (Å²) < 4.78 is 1.83. The molecule has 0 saturated carbocycles. The molecule has 0 aliphatic rings. The lowest BCUT2D eigenvalue weighted by Gasteiger charge is -2.10. The summed E-state index contributed by atoms with van der Waals surface area (Å²) in [6, 6.07) is 11.8. The van der Waals surface area contributed by atoms with Gasteiger partial charge in [-0.05, 0) is 18.6 Å². The average Bonchev–Trinajstić information content (AvgIpc) is 3.10. The van der Waals surface area contributed by atoms with Crippen LogP contribution in [0.25, 0.3) is 5.82 Å². The van der Waals surface area contributed by atoms with Crippen molar-refractivity contribution >= 4 is 5.91 Å². The Kier molecular flexibility index (Phi) is 4.47. The van der Waals surface area contributed by atoms with Gasteiger partial charge >= 0.3 is 0 Å². The lowest BCUT2D eigenvalue weighted by molar-refractivity contribution is -0.120. The summed E-state index contributed by atoms with van der Waals surface area (Å²) in [6.45, 7) is 2.47. The first-order chi connectivity index (χ1) is 11.2. The number of nitrogens with zero attached hydrogens (tertiary/aromatic N) is 3. The third kappa shape index (κ3) is 3.83. The quantitative estimate of drug-likeness (QED) is 0.787. The standard InChI is InChI=1S/C18H18N4O/c1-14-4-6-15(7-5-14)11-17(23)21-12-16-3-2-8-20-18(16)22-10-9-19-13-22/h2-10,13H,11-12H2,1H3,(H,21,23). The van der Waals surface area contributed by atoms with Gasteiger partial charge in [0.25, 0.3) is 0 Å². The largest absolute Gasteiger partial charge is 0.352 e. The van der Waals surface area contributed by atoms with Crippen LogP contribution < -0.4 is 5.32 Å². The van der Waals surface area contributed by atoms with Crippen molar-refractivity contribution < 1.29 is 4.79 Å². The third-order valence-electron chi connectivity index (χ3n) is 3.58. The summed E-state index contributed by atoms with van der Waals surface area (Å²) >= 11 is 0. The van der Waals surface area contributed by atoms with Crippen LogP contribution in [0.3, 0.4) is 0 Å². The Hall–Kier alpha value is -2.95. The second kappa shape index (κ2) is 6.87. The second-order valence-corrected chi connectivity index (χ2v) is 5.40. The maximum absolute atomic E-state index is 12.1. The van der Waals surface area contributed by atoms with E-state index in [9.17, 15) is 4.79 Å². The number of imidazole rings is 1. The van der Waals surface area contributed by atoms with Gasteiger partial charge in [-0.3, -0.25) is 9.36 Å². The molecule has 0 aliphatic carbocycles. The molecule has 3 rings (SSSR count). The molecule has 5 nitrogen and oxygen atoms in total. The van der Waals surface area contributed by atoms with Crippen LogP contribution >= 0.6 is 0 Å². The first-order valence-electron chi connectivity index (χ1n) is 7.47. The van der Waals surface area contributed by atoms with Crippen LogP contribution in [0.2, 0.25) is 0 Å². The minimum atomic E-state index is -0.00529. The highest BCUT2D eigenvalue weighted by Gasteiger charge is 2.08. The highest BCUT2D eigenvalue weighted by molar-refractivity contribution is 5.78. The molecule has 0 bridgehead atoms. The molecule has 116 valence electrons. The normalized spacial score (nSPS) is 10.5. The second-order valence-electron chi connectivity index (χ2n) is 5.40. The molecule has 0 fully saturated rings. The van der Waals surface area contributed by atoms with Crippen LogP contribution in [0.5, 0.6) is 0 Å². The number of hydrogen-bond acceptors (Lipinski definition) is 3. The molecule has 0 radical (unpaired) electrons. The van der Waals surface area contributed by atoms with Crippen molar-refractivity contribution in [2.75, 3.05) is 0 Å². The van der Waals surface area contributed by atoms with E-state index in [1.807, 2.05) is 54.1 Å². The lowest BCUT2D eigenvalue weighted by atomic mass is 10.1. The van der Waals surface area contributed by atoms with Gasteiger partial charge in [0.2, 0.25) is 5.91 Å². The number of amides is 1. The Morgan fingerprint density at radius 1 is 1.17 bits per heavy atom. The summed E-state index contributed by atoms with van der Waals surface area (Å²) in [6.07, 6.45) is 7.34. The van der Waals surface area contributed by atoms with Crippen molar-refractivity contribution in [1.82, 2.24) is 19.9 Å². The van der Waals surface area contributed by atoms with E-state index in [4.69, 9.17) is 0 Å². The molecule has 1 aromatic carbocycles. The van der Waals surface area contributed by atoms with E-state index < -0.39 is 0 Å². The maximum Gasteiger partial charge on any atom is 0.224 e. The number of nitrogens with one attached hydrogen (secondary N) is 1. The minimum Gasteiger partial charge on any atom is -0.352 e. The van der Waals surface area contributed by atoms with E-state index in [1.54, 1.807) is 18.7 Å².